The second kappa shape index (κ2) is 6.20. The summed E-state index contributed by atoms with van der Waals surface area (Å²) in [5.74, 6) is 0.907. The van der Waals surface area contributed by atoms with Gasteiger partial charge in [0, 0.05) is 11.6 Å². The molecule has 0 radical (unpaired) electrons. The van der Waals surface area contributed by atoms with Gasteiger partial charge in [0.2, 0.25) is 0 Å². The van der Waals surface area contributed by atoms with Crippen molar-refractivity contribution in [3.05, 3.63) is 41.2 Å². The maximum atomic E-state index is 5.45. The number of methoxy groups -OCH3 is 1. The van der Waals surface area contributed by atoms with Gasteiger partial charge in [-0.1, -0.05) is 18.2 Å². The monoisotopic (exact) mass is 287 g/mol. The fraction of sp³-hybridized carbons (Fsp3) is 0.471. The zero-order valence-electron chi connectivity index (χ0n) is 13.8. The third-order valence-corrected chi connectivity index (χ3v) is 3.78. The lowest BCUT2D eigenvalue weighted by Crippen LogP contribution is -2.10. The molecule has 2 rings (SSSR count). The fourth-order valence-electron chi connectivity index (χ4n) is 2.69. The summed E-state index contributed by atoms with van der Waals surface area (Å²) in [4.78, 5) is 0. The van der Waals surface area contributed by atoms with E-state index in [2.05, 4.69) is 48.9 Å². The summed E-state index contributed by atoms with van der Waals surface area (Å²) in [7, 11) is 1.71. The summed E-state index contributed by atoms with van der Waals surface area (Å²) in [5.41, 5.74) is 4.46. The first-order valence-corrected chi connectivity index (χ1v) is 7.40. The van der Waals surface area contributed by atoms with Crippen LogP contribution in [0.1, 0.15) is 49.8 Å². The molecule has 1 aromatic heterocycles. The molecule has 0 saturated carbocycles. The molecule has 2 aromatic rings. The first-order valence-electron chi connectivity index (χ1n) is 7.40. The molecule has 1 heterocycles. The number of nitrogens with one attached hydrogen (secondary N) is 1. The van der Waals surface area contributed by atoms with Gasteiger partial charge < -0.3 is 10.1 Å². The molecule has 4 nitrogen and oxygen atoms in total. The van der Waals surface area contributed by atoms with Crippen LogP contribution in [0.4, 0.5) is 5.69 Å². The van der Waals surface area contributed by atoms with Crippen molar-refractivity contribution in [3.8, 4) is 5.75 Å². The molecule has 1 aromatic carbocycles. The lowest BCUT2D eigenvalue weighted by atomic mass is 10.1. The normalized spacial score (nSPS) is 12.5. The number of anilines is 1. The predicted octanol–water partition coefficient (Wildman–Crippen LogP) is 4.26. The van der Waals surface area contributed by atoms with Crippen LogP contribution in [-0.4, -0.2) is 16.9 Å². The van der Waals surface area contributed by atoms with Crippen molar-refractivity contribution in [1.29, 1.82) is 0 Å². The van der Waals surface area contributed by atoms with Gasteiger partial charge in [-0.05, 0) is 40.7 Å². The molecule has 0 aliphatic heterocycles. The highest BCUT2D eigenvalue weighted by Gasteiger charge is 2.17. The van der Waals surface area contributed by atoms with Crippen LogP contribution >= 0.6 is 0 Å². The highest BCUT2D eigenvalue weighted by molar-refractivity contribution is 5.54. The number of nitrogens with zero attached hydrogens (tertiary/aromatic N) is 2. The zero-order chi connectivity index (χ0) is 15.6. The molecular formula is C17H25N3O. The van der Waals surface area contributed by atoms with E-state index in [-0.39, 0.29) is 6.04 Å². The first-order chi connectivity index (χ1) is 9.95. The minimum absolute atomic E-state index is 0.156. The van der Waals surface area contributed by atoms with E-state index < -0.39 is 0 Å². The first kappa shape index (κ1) is 15.4. The molecular weight excluding hydrogens is 262 g/mol. The number of hydrogen-bond acceptors (Lipinski definition) is 3. The maximum Gasteiger partial charge on any atom is 0.124 e. The number of ether oxygens (including phenoxy) is 1. The van der Waals surface area contributed by atoms with E-state index in [0.717, 1.165) is 22.7 Å². The van der Waals surface area contributed by atoms with E-state index in [4.69, 9.17) is 4.74 Å². The van der Waals surface area contributed by atoms with E-state index in [9.17, 15) is 0 Å². The van der Waals surface area contributed by atoms with Gasteiger partial charge in [0.1, 0.15) is 5.75 Å². The largest absolute Gasteiger partial charge is 0.496 e. The highest BCUT2D eigenvalue weighted by atomic mass is 16.5. The quantitative estimate of drug-likeness (QED) is 0.893. The van der Waals surface area contributed by atoms with Gasteiger partial charge in [-0.25, -0.2) is 0 Å². The zero-order valence-corrected chi connectivity index (χ0v) is 13.8. The fourth-order valence-corrected chi connectivity index (χ4v) is 2.69. The Morgan fingerprint density at radius 2 is 1.81 bits per heavy atom. The number of aromatic nitrogens is 2. The second-order valence-electron chi connectivity index (χ2n) is 5.69. The Labute approximate surface area is 127 Å². The van der Waals surface area contributed by atoms with Crippen molar-refractivity contribution in [2.75, 3.05) is 12.4 Å². The Balaban J connectivity index is 2.30. The Kier molecular flexibility index (Phi) is 4.56. The standard InChI is InChI=1S/C17H25N3O/c1-11(2)20-14(5)17(13(4)19-20)18-12(3)15-9-7-8-10-16(15)21-6/h7-12,18H,1-6H3. The topological polar surface area (TPSA) is 39.1 Å². The number of benzene rings is 1. The van der Waals surface area contributed by atoms with Crippen molar-refractivity contribution in [1.82, 2.24) is 9.78 Å². The molecule has 0 amide bonds. The molecule has 21 heavy (non-hydrogen) atoms. The Bertz CT molecular complexity index is 616. The van der Waals surface area contributed by atoms with Crippen molar-refractivity contribution in [2.45, 2.75) is 46.7 Å². The number of rotatable bonds is 5. The number of hydrogen-bond donors (Lipinski definition) is 1. The van der Waals surface area contributed by atoms with Gasteiger partial charge in [-0.2, -0.15) is 5.10 Å². The number of para-hydroxylation sites is 1. The van der Waals surface area contributed by atoms with Crippen LogP contribution in [0.25, 0.3) is 0 Å². The SMILES string of the molecule is COc1ccccc1C(C)Nc1c(C)nn(C(C)C)c1C. The summed E-state index contributed by atoms with van der Waals surface area (Å²) in [6.45, 7) is 10.6. The van der Waals surface area contributed by atoms with E-state index in [1.165, 1.54) is 5.69 Å². The molecule has 1 unspecified atom stereocenters. The van der Waals surface area contributed by atoms with Crippen LogP contribution in [0.15, 0.2) is 24.3 Å². The molecule has 4 heteroatoms. The molecule has 0 fully saturated rings. The third kappa shape index (κ3) is 3.04. The summed E-state index contributed by atoms with van der Waals surface area (Å²) < 4.78 is 7.51. The van der Waals surface area contributed by atoms with E-state index in [0.29, 0.717) is 6.04 Å². The highest BCUT2D eigenvalue weighted by Crippen LogP contribution is 2.30. The molecule has 0 saturated heterocycles. The van der Waals surface area contributed by atoms with Crippen molar-refractivity contribution in [3.63, 3.8) is 0 Å². The van der Waals surface area contributed by atoms with Crippen molar-refractivity contribution < 1.29 is 4.74 Å². The molecule has 0 aliphatic carbocycles. The minimum atomic E-state index is 0.156. The predicted molar refractivity (Wildman–Crippen MR) is 87.1 cm³/mol. The summed E-state index contributed by atoms with van der Waals surface area (Å²) >= 11 is 0. The molecule has 0 spiro atoms. The van der Waals surface area contributed by atoms with Gasteiger partial charge in [-0.3, -0.25) is 4.68 Å². The summed E-state index contributed by atoms with van der Waals surface area (Å²) in [5, 5.41) is 8.20. The summed E-state index contributed by atoms with van der Waals surface area (Å²) in [6, 6.07) is 8.62. The molecule has 0 aliphatic rings. The second-order valence-corrected chi connectivity index (χ2v) is 5.69. The molecule has 1 atom stereocenters. The van der Waals surface area contributed by atoms with Crippen LogP contribution < -0.4 is 10.1 Å². The lowest BCUT2D eigenvalue weighted by Gasteiger charge is -2.19. The van der Waals surface area contributed by atoms with Crippen LogP contribution in [0, 0.1) is 13.8 Å². The van der Waals surface area contributed by atoms with Crippen molar-refractivity contribution in [2.24, 2.45) is 0 Å². The smallest absolute Gasteiger partial charge is 0.124 e. The molecule has 114 valence electrons. The Morgan fingerprint density at radius 3 is 2.38 bits per heavy atom. The van der Waals surface area contributed by atoms with Gasteiger partial charge >= 0.3 is 0 Å². The molecule has 1 N–H and O–H groups in total. The lowest BCUT2D eigenvalue weighted by molar-refractivity contribution is 0.408. The van der Waals surface area contributed by atoms with E-state index >= 15 is 0 Å². The minimum Gasteiger partial charge on any atom is -0.496 e. The Hall–Kier alpha value is -1.97. The maximum absolute atomic E-state index is 5.45. The van der Waals surface area contributed by atoms with Gasteiger partial charge in [0.15, 0.2) is 0 Å². The number of aryl methyl sites for hydroxylation is 1. The molecule has 0 bridgehead atoms. The van der Waals surface area contributed by atoms with Gasteiger partial charge in [-0.15, -0.1) is 0 Å². The Morgan fingerprint density at radius 1 is 1.14 bits per heavy atom. The summed E-state index contributed by atoms with van der Waals surface area (Å²) in [6.07, 6.45) is 0. The third-order valence-electron chi connectivity index (χ3n) is 3.78. The van der Waals surface area contributed by atoms with E-state index in [1.807, 2.05) is 25.1 Å². The van der Waals surface area contributed by atoms with Gasteiger partial charge in [0.25, 0.3) is 0 Å². The van der Waals surface area contributed by atoms with Gasteiger partial charge in [0.05, 0.1) is 30.2 Å². The van der Waals surface area contributed by atoms with Crippen molar-refractivity contribution >= 4 is 5.69 Å². The average Bonchev–Trinajstić information content (AvgIpc) is 2.75. The van der Waals surface area contributed by atoms with Crippen LogP contribution in [-0.2, 0) is 0 Å². The van der Waals surface area contributed by atoms with Crippen LogP contribution in [0.5, 0.6) is 5.75 Å². The van der Waals surface area contributed by atoms with E-state index in [1.54, 1.807) is 7.11 Å². The van der Waals surface area contributed by atoms with Crippen LogP contribution in [0.2, 0.25) is 0 Å². The van der Waals surface area contributed by atoms with Crippen LogP contribution in [0.3, 0.4) is 0 Å². The average molecular weight is 287 g/mol.